The van der Waals surface area contributed by atoms with Crippen LogP contribution in [0.2, 0.25) is 0 Å². The molecule has 1 heterocycles. The molecule has 0 spiro atoms. The largest absolute Gasteiger partial charge is 0.506 e. The molecule has 2 amide bonds. The Bertz CT molecular complexity index is 1030. The van der Waals surface area contributed by atoms with Crippen molar-refractivity contribution in [1.82, 2.24) is 9.21 Å². The highest BCUT2D eigenvalue weighted by molar-refractivity contribution is 7.96. The van der Waals surface area contributed by atoms with E-state index in [1.807, 2.05) is 37.5 Å². The molecule has 7 nitrogen and oxygen atoms in total. The highest BCUT2D eigenvalue weighted by Crippen LogP contribution is 2.38. The Kier molecular flexibility index (Phi) is 10.8. The van der Waals surface area contributed by atoms with Gasteiger partial charge in [-0.05, 0) is 75.0 Å². The topological polar surface area (TPSA) is 85.2 Å². The molecule has 37 heavy (non-hydrogen) atoms. The lowest BCUT2D eigenvalue weighted by Gasteiger charge is -2.26. The second-order valence-corrected chi connectivity index (χ2v) is 11.2. The molecule has 1 aliphatic carbocycles. The van der Waals surface area contributed by atoms with Gasteiger partial charge in [-0.15, -0.1) is 0 Å². The number of hydrogen-bond donors (Lipinski definition) is 2. The zero-order valence-electron chi connectivity index (χ0n) is 22.6. The number of carbonyl (C=O) groups is 2. The Morgan fingerprint density at radius 2 is 1.97 bits per heavy atom. The summed E-state index contributed by atoms with van der Waals surface area (Å²) in [6.45, 7) is 11.1. The molecular weight excluding hydrogens is 484 g/mol. The van der Waals surface area contributed by atoms with Crippen LogP contribution in [0.25, 0.3) is 0 Å². The number of aromatic hydroxyl groups is 1. The van der Waals surface area contributed by atoms with Crippen LogP contribution in [-0.2, 0) is 16.1 Å². The predicted molar refractivity (Wildman–Crippen MR) is 154 cm³/mol. The molecule has 1 aromatic rings. The Morgan fingerprint density at radius 3 is 2.62 bits per heavy atom. The van der Waals surface area contributed by atoms with Crippen LogP contribution in [-0.4, -0.2) is 58.7 Å². The quantitative estimate of drug-likeness (QED) is 0.279. The van der Waals surface area contributed by atoms with Crippen LogP contribution in [0, 0.1) is 5.41 Å². The third-order valence-electron chi connectivity index (χ3n) is 7.06. The fourth-order valence-corrected chi connectivity index (χ4v) is 5.79. The maximum Gasteiger partial charge on any atom is 0.263 e. The molecule has 0 aromatic heterocycles. The summed E-state index contributed by atoms with van der Waals surface area (Å²) in [6, 6.07) is 3.62. The van der Waals surface area contributed by atoms with Crippen LogP contribution >= 0.6 is 11.9 Å². The first-order chi connectivity index (χ1) is 17.8. The van der Waals surface area contributed by atoms with E-state index >= 15 is 0 Å². The van der Waals surface area contributed by atoms with Gasteiger partial charge in [0.1, 0.15) is 11.4 Å². The van der Waals surface area contributed by atoms with Crippen LogP contribution in [0.15, 0.2) is 40.9 Å². The van der Waals surface area contributed by atoms with Gasteiger partial charge in [0.2, 0.25) is 5.91 Å². The summed E-state index contributed by atoms with van der Waals surface area (Å²) in [6.07, 6.45) is 15.3. The molecule has 0 saturated carbocycles. The van der Waals surface area contributed by atoms with Gasteiger partial charge in [-0.3, -0.25) is 23.8 Å². The van der Waals surface area contributed by atoms with Gasteiger partial charge in [0.05, 0.1) is 5.69 Å². The van der Waals surface area contributed by atoms with Crippen molar-refractivity contribution in [3.8, 4) is 5.75 Å². The lowest BCUT2D eigenvalue weighted by atomic mass is 9.81. The molecule has 2 N–H and O–H groups in total. The van der Waals surface area contributed by atoms with Gasteiger partial charge in [-0.2, -0.15) is 0 Å². The van der Waals surface area contributed by atoms with E-state index < -0.39 is 5.41 Å². The summed E-state index contributed by atoms with van der Waals surface area (Å²) in [5, 5.41) is 13.6. The number of aliphatic imine (C=N–C) groups is 1. The number of benzene rings is 1. The van der Waals surface area contributed by atoms with Crippen molar-refractivity contribution in [2.45, 2.75) is 71.8 Å². The third-order valence-corrected chi connectivity index (χ3v) is 7.84. The van der Waals surface area contributed by atoms with E-state index in [2.05, 4.69) is 28.9 Å². The second kappa shape index (κ2) is 13.8. The first-order valence-electron chi connectivity index (χ1n) is 13.4. The molecule has 1 aliphatic heterocycles. The minimum Gasteiger partial charge on any atom is -0.506 e. The van der Waals surface area contributed by atoms with Gasteiger partial charge in [0, 0.05) is 31.3 Å². The molecule has 0 bridgehead atoms. The molecule has 0 radical (unpaired) electrons. The van der Waals surface area contributed by atoms with Crippen molar-refractivity contribution >= 4 is 41.9 Å². The number of phenolic OH excluding ortho intramolecular Hbond substituents is 1. The van der Waals surface area contributed by atoms with Gasteiger partial charge in [0.15, 0.2) is 0 Å². The summed E-state index contributed by atoms with van der Waals surface area (Å²) in [5.74, 6) is -0.189. The maximum atomic E-state index is 13.3. The Labute approximate surface area is 226 Å². The average Bonchev–Trinajstić information content (AvgIpc) is 3.22. The Balaban J connectivity index is 1.77. The number of hydrogen-bond acceptors (Lipinski definition) is 6. The molecule has 8 heteroatoms. The zero-order chi connectivity index (χ0) is 26.8. The summed E-state index contributed by atoms with van der Waals surface area (Å²) in [4.78, 5) is 32.8. The van der Waals surface area contributed by atoms with Crippen molar-refractivity contribution in [3.05, 3.63) is 41.5 Å². The van der Waals surface area contributed by atoms with Gasteiger partial charge in [-0.25, -0.2) is 0 Å². The number of likely N-dealkylation sites (tertiary alicyclic amines) is 1. The average molecular weight is 527 g/mol. The van der Waals surface area contributed by atoms with Crippen molar-refractivity contribution in [2.24, 2.45) is 10.4 Å². The van der Waals surface area contributed by atoms with Crippen LogP contribution in [0.5, 0.6) is 5.75 Å². The van der Waals surface area contributed by atoms with E-state index in [9.17, 15) is 14.7 Å². The van der Waals surface area contributed by atoms with Crippen molar-refractivity contribution in [1.29, 1.82) is 0 Å². The number of anilines is 1. The first-order valence-corrected chi connectivity index (χ1v) is 14.6. The number of nitrogens with zero attached hydrogens (tertiary/aromatic N) is 3. The molecular formula is C29H42N4O3S. The van der Waals surface area contributed by atoms with Crippen molar-refractivity contribution < 1.29 is 14.7 Å². The maximum absolute atomic E-state index is 13.3. The summed E-state index contributed by atoms with van der Waals surface area (Å²) < 4.78 is 1.77. The number of phenols is 1. The van der Waals surface area contributed by atoms with Crippen LogP contribution < -0.4 is 5.32 Å². The van der Waals surface area contributed by atoms with Gasteiger partial charge in [-0.1, -0.05) is 56.9 Å². The lowest BCUT2D eigenvalue weighted by molar-refractivity contribution is -0.122. The molecule has 3 rings (SSSR count). The Hall–Kier alpha value is -2.58. The lowest BCUT2D eigenvalue weighted by Crippen LogP contribution is -2.28. The smallest absolute Gasteiger partial charge is 0.263 e. The van der Waals surface area contributed by atoms with Crippen molar-refractivity contribution in [3.63, 3.8) is 0 Å². The number of allylic oxidation sites excluding steroid dienone is 2. The minimum atomic E-state index is -0.484. The molecule has 1 unspecified atom stereocenters. The molecule has 1 saturated heterocycles. The molecule has 202 valence electrons. The monoisotopic (exact) mass is 526 g/mol. The first kappa shape index (κ1) is 29.0. The molecule has 1 atom stereocenters. The summed E-state index contributed by atoms with van der Waals surface area (Å²) >= 11 is 1.43. The van der Waals surface area contributed by atoms with E-state index in [4.69, 9.17) is 0 Å². The van der Waals surface area contributed by atoms with Gasteiger partial charge in [0.25, 0.3) is 5.91 Å². The minimum absolute atomic E-state index is 0.0170. The predicted octanol–water partition coefficient (Wildman–Crippen LogP) is 6.23. The fourth-order valence-electron chi connectivity index (χ4n) is 5.16. The number of nitrogens with one attached hydrogen (secondary N) is 1. The van der Waals surface area contributed by atoms with Crippen LogP contribution in [0.4, 0.5) is 11.4 Å². The standard InChI is InChI=1S/C29H42N4O3S/c1-5-14-33(37-4)28(36)23-12-8-9-13-29(2,19-23)20-26(35)31-24-17-22(18-25(34)27(24)30-3)21-32-15-10-6-7-11-16-32/h8,12,17-19,34H,3,5-7,9-11,13-16,20-21H2,1-2,4H3,(H,31,35). The Morgan fingerprint density at radius 1 is 1.24 bits per heavy atom. The van der Waals surface area contributed by atoms with Crippen LogP contribution in [0.1, 0.15) is 70.8 Å². The highest BCUT2D eigenvalue weighted by atomic mass is 32.2. The van der Waals surface area contributed by atoms with E-state index in [1.54, 1.807) is 10.4 Å². The van der Waals surface area contributed by atoms with E-state index in [0.29, 0.717) is 17.8 Å². The van der Waals surface area contributed by atoms with Gasteiger partial charge >= 0.3 is 0 Å². The molecule has 2 aliphatic rings. The van der Waals surface area contributed by atoms with Crippen molar-refractivity contribution in [2.75, 3.05) is 31.2 Å². The summed E-state index contributed by atoms with van der Waals surface area (Å²) in [7, 11) is 0. The SMILES string of the molecule is C=Nc1c(O)cc(CN2CCCCCC2)cc1NC(=O)CC1(C)C=C(C(=O)N(CCC)SC)C=CCC1. The number of amides is 2. The fraction of sp³-hybridized carbons (Fsp3) is 0.552. The number of carbonyl (C=O) groups excluding carboxylic acids is 2. The second-order valence-electron chi connectivity index (χ2n) is 10.4. The van der Waals surface area contributed by atoms with E-state index in [1.165, 1.54) is 37.6 Å². The summed E-state index contributed by atoms with van der Waals surface area (Å²) in [5.41, 5.74) is 1.83. The van der Waals surface area contributed by atoms with Crippen LogP contribution in [0.3, 0.4) is 0 Å². The molecule has 1 aromatic carbocycles. The van der Waals surface area contributed by atoms with E-state index in [-0.39, 0.29) is 29.7 Å². The number of rotatable bonds is 10. The van der Waals surface area contributed by atoms with Gasteiger partial charge < -0.3 is 10.4 Å². The normalized spacial score (nSPS) is 20.5. The van der Waals surface area contributed by atoms with E-state index in [0.717, 1.165) is 44.5 Å². The molecule has 1 fully saturated rings. The highest BCUT2D eigenvalue weighted by Gasteiger charge is 2.29. The third kappa shape index (κ3) is 8.20. The zero-order valence-corrected chi connectivity index (χ0v) is 23.4.